The van der Waals surface area contributed by atoms with Crippen molar-refractivity contribution in [1.82, 2.24) is 14.9 Å². The first kappa shape index (κ1) is 18.5. The lowest BCUT2D eigenvalue weighted by atomic mass is 10.3. The second kappa shape index (κ2) is 7.64. The van der Waals surface area contributed by atoms with Gasteiger partial charge in [0.05, 0.1) is 12.1 Å². The van der Waals surface area contributed by atoms with Crippen molar-refractivity contribution >= 4 is 11.7 Å². The van der Waals surface area contributed by atoms with E-state index in [1.807, 2.05) is 0 Å². The lowest BCUT2D eigenvalue weighted by Gasteiger charge is -2.16. The van der Waals surface area contributed by atoms with Gasteiger partial charge in [0.2, 0.25) is 0 Å². The molecule has 1 amide bonds. The molecule has 1 unspecified atom stereocenters. The molecule has 0 saturated heterocycles. The van der Waals surface area contributed by atoms with Crippen LogP contribution in [0, 0.1) is 11.8 Å². The highest BCUT2D eigenvalue weighted by Crippen LogP contribution is 2.14. The van der Waals surface area contributed by atoms with Gasteiger partial charge in [-0.3, -0.25) is 9.36 Å². The summed E-state index contributed by atoms with van der Waals surface area (Å²) in [6.07, 6.45) is -3.75. The van der Waals surface area contributed by atoms with E-state index in [0.29, 0.717) is 6.42 Å². The molecule has 0 aliphatic heterocycles. The normalized spacial score (nSPS) is 12.2. The lowest BCUT2D eigenvalue weighted by Crippen LogP contribution is -2.36. The van der Waals surface area contributed by atoms with Crippen molar-refractivity contribution in [2.45, 2.75) is 25.7 Å². The zero-order valence-corrected chi connectivity index (χ0v) is 12.4. The molecule has 0 saturated carbocycles. The average molecular weight is 332 g/mol. The first-order valence-electron chi connectivity index (χ1n) is 6.46. The standard InChI is InChI=1S/C13H15F3N4O3/c1-3-9(23-2)20-7-8(10(17)19-12(20)22)5-4-6-18-11(21)13(14,15)16/h7,9H,3,6H2,1-2H3,(H,18,21)(H2,17,19,22). The van der Waals surface area contributed by atoms with Crippen LogP contribution in [0.15, 0.2) is 11.0 Å². The number of carbonyl (C=O) groups is 1. The van der Waals surface area contributed by atoms with E-state index >= 15 is 0 Å². The summed E-state index contributed by atoms with van der Waals surface area (Å²) >= 11 is 0. The van der Waals surface area contributed by atoms with Crippen molar-refractivity contribution in [3.05, 3.63) is 22.2 Å². The number of nitrogens with two attached hydrogens (primary N) is 1. The molecule has 0 radical (unpaired) electrons. The Kier molecular flexibility index (Phi) is 6.15. The molecule has 0 aliphatic carbocycles. The van der Waals surface area contributed by atoms with Crippen LogP contribution >= 0.6 is 0 Å². The van der Waals surface area contributed by atoms with Crippen LogP contribution in [0.4, 0.5) is 19.0 Å². The van der Waals surface area contributed by atoms with Gasteiger partial charge in [0.25, 0.3) is 0 Å². The molecule has 126 valence electrons. The molecule has 0 fully saturated rings. The first-order valence-corrected chi connectivity index (χ1v) is 6.46. The fraction of sp³-hybridized carbons (Fsp3) is 0.462. The Morgan fingerprint density at radius 3 is 2.74 bits per heavy atom. The van der Waals surface area contributed by atoms with Gasteiger partial charge in [-0.2, -0.15) is 18.2 Å². The van der Waals surface area contributed by atoms with Crippen LogP contribution in [0.2, 0.25) is 0 Å². The number of amides is 1. The van der Waals surface area contributed by atoms with E-state index in [2.05, 4.69) is 16.8 Å². The minimum atomic E-state index is -4.97. The van der Waals surface area contributed by atoms with Crippen LogP contribution in [0.1, 0.15) is 25.1 Å². The highest BCUT2D eigenvalue weighted by atomic mass is 19.4. The quantitative estimate of drug-likeness (QED) is 0.778. The average Bonchev–Trinajstić information content (AvgIpc) is 2.47. The van der Waals surface area contributed by atoms with Gasteiger partial charge in [0, 0.05) is 13.3 Å². The van der Waals surface area contributed by atoms with Crippen molar-refractivity contribution in [3.8, 4) is 11.8 Å². The van der Waals surface area contributed by atoms with E-state index in [-0.39, 0.29) is 11.4 Å². The summed E-state index contributed by atoms with van der Waals surface area (Å²) in [7, 11) is 1.41. The number of carbonyl (C=O) groups excluding carboxylic acids is 1. The number of anilines is 1. The number of rotatable bonds is 4. The summed E-state index contributed by atoms with van der Waals surface area (Å²) in [6, 6.07) is 0. The number of hydrogen-bond donors (Lipinski definition) is 2. The molecular weight excluding hydrogens is 317 g/mol. The topological polar surface area (TPSA) is 99.2 Å². The van der Waals surface area contributed by atoms with Crippen molar-refractivity contribution in [2.24, 2.45) is 0 Å². The van der Waals surface area contributed by atoms with Crippen LogP contribution in [0.3, 0.4) is 0 Å². The van der Waals surface area contributed by atoms with E-state index < -0.39 is 30.5 Å². The maximum atomic E-state index is 12.0. The number of nitrogens with zero attached hydrogens (tertiary/aromatic N) is 2. The molecular formula is C13H15F3N4O3. The van der Waals surface area contributed by atoms with Crippen LogP contribution in [0.25, 0.3) is 0 Å². The third-order valence-corrected chi connectivity index (χ3v) is 2.73. The van der Waals surface area contributed by atoms with Crippen LogP contribution in [-0.4, -0.2) is 35.3 Å². The number of hydrogen-bond acceptors (Lipinski definition) is 5. The Bertz CT molecular complexity index is 684. The molecule has 23 heavy (non-hydrogen) atoms. The second-order valence-electron chi connectivity index (χ2n) is 4.31. The van der Waals surface area contributed by atoms with Crippen LogP contribution in [-0.2, 0) is 9.53 Å². The van der Waals surface area contributed by atoms with E-state index in [1.54, 1.807) is 12.2 Å². The molecule has 1 aromatic heterocycles. The van der Waals surface area contributed by atoms with Gasteiger partial charge >= 0.3 is 17.8 Å². The second-order valence-corrected chi connectivity index (χ2v) is 4.31. The smallest absolute Gasteiger partial charge is 0.382 e. The summed E-state index contributed by atoms with van der Waals surface area (Å²) < 4.78 is 42.2. The highest BCUT2D eigenvalue weighted by molar-refractivity contribution is 5.81. The molecule has 0 bridgehead atoms. The third-order valence-electron chi connectivity index (χ3n) is 2.73. The van der Waals surface area contributed by atoms with Crippen LogP contribution in [0.5, 0.6) is 0 Å². The number of ether oxygens (including phenoxy) is 1. The molecule has 10 heteroatoms. The van der Waals surface area contributed by atoms with Crippen LogP contribution < -0.4 is 16.7 Å². The fourth-order valence-electron chi connectivity index (χ4n) is 1.63. The molecule has 1 heterocycles. The van der Waals surface area contributed by atoms with Crippen molar-refractivity contribution < 1.29 is 22.7 Å². The number of halogens is 3. The number of nitrogen functional groups attached to an aromatic ring is 1. The summed E-state index contributed by atoms with van der Waals surface area (Å²) in [5.74, 6) is 2.51. The van der Waals surface area contributed by atoms with Gasteiger partial charge in [-0.1, -0.05) is 18.8 Å². The summed E-state index contributed by atoms with van der Waals surface area (Å²) in [4.78, 5) is 25.9. The molecule has 3 N–H and O–H groups in total. The Balaban J connectivity index is 2.94. The molecule has 0 aliphatic rings. The Morgan fingerprint density at radius 1 is 1.57 bits per heavy atom. The largest absolute Gasteiger partial charge is 0.471 e. The summed E-state index contributed by atoms with van der Waals surface area (Å²) in [5, 5.41) is 1.59. The highest BCUT2D eigenvalue weighted by Gasteiger charge is 2.38. The molecule has 0 spiro atoms. The van der Waals surface area contributed by atoms with Gasteiger partial charge in [-0.05, 0) is 6.42 Å². The summed E-state index contributed by atoms with van der Waals surface area (Å²) in [6.45, 7) is 1.26. The van der Waals surface area contributed by atoms with E-state index in [1.165, 1.54) is 17.9 Å². The number of aromatic nitrogens is 2. The molecule has 1 rings (SSSR count). The third kappa shape index (κ3) is 5.00. The molecule has 7 nitrogen and oxygen atoms in total. The number of nitrogens with one attached hydrogen (secondary N) is 1. The lowest BCUT2D eigenvalue weighted by molar-refractivity contribution is -0.173. The summed E-state index contributed by atoms with van der Waals surface area (Å²) in [5.41, 5.74) is 5.06. The van der Waals surface area contributed by atoms with Crippen molar-refractivity contribution in [1.29, 1.82) is 0 Å². The van der Waals surface area contributed by atoms with E-state index in [0.717, 1.165) is 0 Å². The Hall–Kier alpha value is -2.54. The monoisotopic (exact) mass is 332 g/mol. The zero-order chi connectivity index (χ0) is 17.6. The number of alkyl halides is 3. The molecule has 0 aromatic carbocycles. The maximum Gasteiger partial charge on any atom is 0.471 e. The predicted octanol–water partition coefficient (Wildman–Crippen LogP) is 0.410. The first-order chi connectivity index (χ1) is 10.7. The molecule has 1 atom stereocenters. The SMILES string of the molecule is CCC(OC)n1cc(C#CCNC(=O)C(F)(F)F)c(N)nc1=O. The van der Waals surface area contributed by atoms with E-state index in [9.17, 15) is 22.8 Å². The van der Waals surface area contributed by atoms with Gasteiger partial charge in [0.1, 0.15) is 12.0 Å². The minimum absolute atomic E-state index is 0.140. The van der Waals surface area contributed by atoms with E-state index in [4.69, 9.17) is 10.5 Å². The molecule has 1 aromatic rings. The minimum Gasteiger partial charge on any atom is -0.382 e. The Morgan fingerprint density at radius 2 is 2.22 bits per heavy atom. The van der Waals surface area contributed by atoms with Gasteiger partial charge in [0.15, 0.2) is 0 Å². The number of methoxy groups -OCH3 is 1. The van der Waals surface area contributed by atoms with Gasteiger partial charge < -0.3 is 15.8 Å². The van der Waals surface area contributed by atoms with Gasteiger partial charge in [-0.25, -0.2) is 4.79 Å². The maximum absolute atomic E-state index is 12.0. The van der Waals surface area contributed by atoms with Gasteiger partial charge in [-0.15, -0.1) is 0 Å². The zero-order valence-electron chi connectivity index (χ0n) is 12.4. The van der Waals surface area contributed by atoms with Crippen molar-refractivity contribution in [3.63, 3.8) is 0 Å². The fourth-order valence-corrected chi connectivity index (χ4v) is 1.63. The van der Waals surface area contributed by atoms with Crippen molar-refractivity contribution in [2.75, 3.05) is 19.4 Å². The predicted molar refractivity (Wildman–Crippen MR) is 75.2 cm³/mol. The Labute approximate surface area is 129 Å².